The third-order valence-electron chi connectivity index (χ3n) is 2.92. The molecule has 2 heteroatoms. The Morgan fingerprint density at radius 3 is 2.80 bits per heavy atom. The van der Waals surface area contributed by atoms with Gasteiger partial charge in [0.25, 0.3) is 0 Å². The van der Waals surface area contributed by atoms with E-state index in [1.165, 1.54) is 13.0 Å². The van der Waals surface area contributed by atoms with Crippen LogP contribution < -0.4 is 0 Å². The number of nitrogens with zero attached hydrogens (tertiary/aromatic N) is 1. The molecule has 1 unspecified atom stereocenters. The molecule has 1 saturated heterocycles. The number of aliphatic hydroxyl groups is 1. The van der Waals surface area contributed by atoms with E-state index in [9.17, 15) is 5.11 Å². The van der Waals surface area contributed by atoms with Crippen molar-refractivity contribution in [3.63, 3.8) is 0 Å². The van der Waals surface area contributed by atoms with Gasteiger partial charge < -0.3 is 10.0 Å². The quantitative estimate of drug-likeness (QED) is 0.530. The Morgan fingerprint density at radius 1 is 1.30 bits per heavy atom. The fourth-order valence-electron chi connectivity index (χ4n) is 2.44. The van der Waals surface area contributed by atoms with Gasteiger partial charge in [-0.3, -0.25) is 0 Å². The van der Waals surface area contributed by atoms with Gasteiger partial charge in [0, 0.05) is 12.6 Å². The van der Waals surface area contributed by atoms with Gasteiger partial charge in [-0.2, -0.15) is 0 Å². The van der Waals surface area contributed by atoms with Gasteiger partial charge in [0.15, 0.2) is 0 Å². The highest BCUT2D eigenvalue weighted by Gasteiger charge is 2.36. The predicted molar refractivity (Wildman–Crippen MR) is 39.8 cm³/mol. The van der Waals surface area contributed by atoms with Crippen LogP contribution in [0, 0.1) is 5.92 Å². The first-order valence-electron chi connectivity index (χ1n) is 4.14. The Bertz CT molecular complexity index is 132. The van der Waals surface area contributed by atoms with E-state index in [4.69, 9.17) is 0 Å². The molecule has 0 aromatic carbocycles. The topological polar surface area (TPSA) is 23.5 Å². The lowest BCUT2D eigenvalue weighted by Crippen LogP contribution is -2.29. The van der Waals surface area contributed by atoms with Crippen molar-refractivity contribution in [1.29, 1.82) is 0 Å². The molecule has 1 aliphatic carbocycles. The first-order chi connectivity index (χ1) is 4.75. The molecular formula is C8H15NO. The van der Waals surface area contributed by atoms with Crippen LogP contribution in [0.4, 0.5) is 0 Å². The molecule has 1 N–H and O–H groups in total. The van der Waals surface area contributed by atoms with E-state index in [1.54, 1.807) is 0 Å². The van der Waals surface area contributed by atoms with E-state index in [1.807, 2.05) is 0 Å². The van der Waals surface area contributed by atoms with Crippen LogP contribution in [0.2, 0.25) is 0 Å². The van der Waals surface area contributed by atoms with Crippen molar-refractivity contribution in [3.8, 4) is 0 Å². The molecule has 0 aromatic rings. The molecule has 0 aromatic heterocycles. The van der Waals surface area contributed by atoms with E-state index in [0.717, 1.165) is 18.8 Å². The van der Waals surface area contributed by atoms with Gasteiger partial charge in [-0.1, -0.05) is 0 Å². The van der Waals surface area contributed by atoms with Crippen LogP contribution in [0.25, 0.3) is 0 Å². The second kappa shape index (κ2) is 2.21. The molecule has 10 heavy (non-hydrogen) atoms. The molecule has 2 rings (SSSR count). The fourth-order valence-corrected chi connectivity index (χ4v) is 2.44. The smallest absolute Gasteiger partial charge is 0.0558 e. The Morgan fingerprint density at radius 2 is 2.10 bits per heavy atom. The van der Waals surface area contributed by atoms with Gasteiger partial charge in [0.2, 0.25) is 0 Å². The number of fused-ring (bicyclic) bond motifs is 2. The number of likely N-dealkylation sites (tertiary alicyclic amines) is 1. The molecule has 0 amide bonds. The zero-order chi connectivity index (χ0) is 7.14. The molecule has 1 heterocycles. The second-order valence-electron chi connectivity index (χ2n) is 3.82. The Balaban J connectivity index is 2.06. The highest BCUT2D eigenvalue weighted by atomic mass is 16.3. The summed E-state index contributed by atoms with van der Waals surface area (Å²) in [5, 5.41) is 9.38. The maximum atomic E-state index is 9.38. The van der Waals surface area contributed by atoms with Crippen LogP contribution >= 0.6 is 0 Å². The number of rotatable bonds is 0. The molecule has 2 aliphatic rings. The minimum absolute atomic E-state index is 0.00583. The standard InChI is InChI=1S/C8H15NO/c1-9-5-6-2-7(9)4-8(10)3-6/h6-8,10H,2-5H2,1H3/t6-,7+,8?/m1/s1. The monoisotopic (exact) mass is 141 g/mol. The summed E-state index contributed by atoms with van der Waals surface area (Å²) >= 11 is 0. The summed E-state index contributed by atoms with van der Waals surface area (Å²) in [6.45, 7) is 1.21. The first-order valence-corrected chi connectivity index (χ1v) is 4.14. The molecule has 1 saturated carbocycles. The Kier molecular flexibility index (Phi) is 1.46. The van der Waals surface area contributed by atoms with Crippen LogP contribution in [-0.4, -0.2) is 35.7 Å². The fraction of sp³-hybridized carbons (Fsp3) is 1.00. The summed E-state index contributed by atoms with van der Waals surface area (Å²) < 4.78 is 0. The molecule has 0 radical (unpaired) electrons. The van der Waals surface area contributed by atoms with Crippen LogP contribution in [0.1, 0.15) is 19.3 Å². The third-order valence-corrected chi connectivity index (χ3v) is 2.92. The minimum Gasteiger partial charge on any atom is -0.393 e. The zero-order valence-corrected chi connectivity index (χ0v) is 6.45. The SMILES string of the molecule is CN1C[C@H]2CC(O)C[C@@H]1C2. The maximum absolute atomic E-state index is 9.38. The van der Waals surface area contributed by atoms with Crippen molar-refractivity contribution in [2.24, 2.45) is 5.92 Å². The average Bonchev–Trinajstić information content (AvgIpc) is 2.07. The van der Waals surface area contributed by atoms with Gasteiger partial charge in [-0.15, -0.1) is 0 Å². The van der Waals surface area contributed by atoms with Crippen molar-refractivity contribution in [2.75, 3.05) is 13.6 Å². The van der Waals surface area contributed by atoms with Crippen molar-refractivity contribution in [3.05, 3.63) is 0 Å². The van der Waals surface area contributed by atoms with Gasteiger partial charge in [-0.25, -0.2) is 0 Å². The molecule has 2 fully saturated rings. The summed E-state index contributed by atoms with van der Waals surface area (Å²) in [7, 11) is 2.17. The number of hydrogen-bond acceptors (Lipinski definition) is 2. The van der Waals surface area contributed by atoms with E-state index < -0.39 is 0 Å². The van der Waals surface area contributed by atoms with E-state index in [2.05, 4.69) is 11.9 Å². The number of aliphatic hydroxyl groups excluding tert-OH is 1. The van der Waals surface area contributed by atoms with Crippen LogP contribution in [0.5, 0.6) is 0 Å². The van der Waals surface area contributed by atoms with E-state index in [0.29, 0.717) is 6.04 Å². The molecule has 3 atom stereocenters. The molecule has 1 aliphatic heterocycles. The van der Waals surface area contributed by atoms with Crippen LogP contribution in [-0.2, 0) is 0 Å². The van der Waals surface area contributed by atoms with Crippen molar-refractivity contribution in [2.45, 2.75) is 31.4 Å². The summed E-state index contributed by atoms with van der Waals surface area (Å²) in [5.41, 5.74) is 0. The van der Waals surface area contributed by atoms with Crippen molar-refractivity contribution >= 4 is 0 Å². The molecule has 2 bridgehead atoms. The lowest BCUT2D eigenvalue weighted by atomic mass is 9.88. The lowest BCUT2D eigenvalue weighted by Gasteiger charge is -2.24. The molecule has 58 valence electrons. The Labute approximate surface area is 61.8 Å². The second-order valence-corrected chi connectivity index (χ2v) is 3.82. The minimum atomic E-state index is -0.00583. The molecule has 0 spiro atoms. The lowest BCUT2D eigenvalue weighted by molar-refractivity contribution is 0.102. The third kappa shape index (κ3) is 0.956. The molecular weight excluding hydrogens is 126 g/mol. The van der Waals surface area contributed by atoms with Gasteiger partial charge in [0.05, 0.1) is 6.10 Å². The Hall–Kier alpha value is -0.0800. The predicted octanol–water partition coefficient (Wildman–Crippen LogP) is 0.461. The van der Waals surface area contributed by atoms with E-state index >= 15 is 0 Å². The normalized spacial score (nSPS) is 48.0. The summed E-state index contributed by atoms with van der Waals surface area (Å²) in [4.78, 5) is 2.39. The van der Waals surface area contributed by atoms with Crippen molar-refractivity contribution < 1.29 is 5.11 Å². The van der Waals surface area contributed by atoms with Gasteiger partial charge >= 0.3 is 0 Å². The van der Waals surface area contributed by atoms with Gasteiger partial charge in [-0.05, 0) is 32.2 Å². The largest absolute Gasteiger partial charge is 0.393 e. The first kappa shape index (κ1) is 6.62. The maximum Gasteiger partial charge on any atom is 0.0558 e. The van der Waals surface area contributed by atoms with Gasteiger partial charge in [0.1, 0.15) is 0 Å². The average molecular weight is 141 g/mol. The summed E-state index contributed by atoms with van der Waals surface area (Å²) in [6.07, 6.45) is 3.37. The zero-order valence-electron chi connectivity index (χ0n) is 6.45. The highest BCUT2D eigenvalue weighted by Crippen LogP contribution is 2.34. The van der Waals surface area contributed by atoms with Crippen LogP contribution in [0.15, 0.2) is 0 Å². The number of hydrogen-bond donors (Lipinski definition) is 1. The van der Waals surface area contributed by atoms with Crippen LogP contribution in [0.3, 0.4) is 0 Å². The summed E-state index contributed by atoms with van der Waals surface area (Å²) in [6, 6.07) is 0.689. The van der Waals surface area contributed by atoms with Crippen molar-refractivity contribution in [1.82, 2.24) is 4.90 Å². The highest BCUT2D eigenvalue weighted by molar-refractivity contribution is 4.90. The van der Waals surface area contributed by atoms with E-state index in [-0.39, 0.29) is 6.10 Å². The molecule has 2 nitrogen and oxygen atoms in total. The summed E-state index contributed by atoms with van der Waals surface area (Å²) in [5.74, 6) is 0.791.